The molecular formula is C14H13INO3-. The summed E-state index contributed by atoms with van der Waals surface area (Å²) >= 11 is 2.16. The molecule has 0 unspecified atom stereocenters. The summed E-state index contributed by atoms with van der Waals surface area (Å²) in [5.41, 5.74) is -0.398. The smallest absolute Gasteiger partial charge is 0.198 e. The Bertz CT molecular complexity index is 726. The van der Waals surface area contributed by atoms with E-state index in [4.69, 9.17) is 0 Å². The minimum absolute atomic E-state index is 0.302. The van der Waals surface area contributed by atoms with Crippen LogP contribution in [-0.2, 0) is 5.54 Å². The van der Waals surface area contributed by atoms with E-state index in [1.165, 1.54) is 6.20 Å². The summed E-state index contributed by atoms with van der Waals surface area (Å²) in [6, 6.07) is 5.33. The number of aromatic carboxylic acids is 1. The van der Waals surface area contributed by atoms with Crippen LogP contribution in [0.2, 0.25) is 0 Å². The minimum Gasteiger partial charge on any atom is -0.545 e. The lowest BCUT2D eigenvalue weighted by atomic mass is 10.0. The maximum atomic E-state index is 12.1. The van der Waals surface area contributed by atoms with Crippen molar-refractivity contribution >= 4 is 39.5 Å². The molecule has 0 N–H and O–H groups in total. The fraction of sp³-hybridized carbons (Fsp3) is 0.286. The van der Waals surface area contributed by atoms with Crippen molar-refractivity contribution in [3.8, 4) is 0 Å². The first kappa shape index (κ1) is 14.0. The van der Waals surface area contributed by atoms with Crippen molar-refractivity contribution < 1.29 is 9.90 Å². The topological polar surface area (TPSA) is 62.1 Å². The van der Waals surface area contributed by atoms with Gasteiger partial charge >= 0.3 is 0 Å². The minimum atomic E-state index is -1.44. The van der Waals surface area contributed by atoms with Crippen molar-refractivity contribution in [2.45, 2.75) is 26.3 Å². The first-order valence-corrected chi connectivity index (χ1v) is 6.86. The number of carboxylic acid groups (broad SMARTS) is 1. The lowest BCUT2D eigenvalue weighted by Crippen LogP contribution is -2.33. The summed E-state index contributed by atoms with van der Waals surface area (Å²) in [4.78, 5) is 23.2. The van der Waals surface area contributed by atoms with Crippen LogP contribution in [-0.4, -0.2) is 10.5 Å². The molecule has 0 atom stereocenters. The Morgan fingerprint density at radius 1 is 1.32 bits per heavy atom. The molecule has 0 aliphatic rings. The van der Waals surface area contributed by atoms with Crippen molar-refractivity contribution in [2.75, 3.05) is 0 Å². The fourth-order valence-corrected chi connectivity index (χ4v) is 2.47. The number of hydrogen-bond acceptors (Lipinski definition) is 3. The molecule has 0 aliphatic carbocycles. The summed E-state index contributed by atoms with van der Waals surface area (Å²) in [5.74, 6) is -1.44. The molecule has 0 spiro atoms. The van der Waals surface area contributed by atoms with Gasteiger partial charge < -0.3 is 14.5 Å². The first-order valence-electron chi connectivity index (χ1n) is 5.78. The molecule has 0 saturated heterocycles. The Morgan fingerprint density at radius 2 is 1.95 bits per heavy atom. The Kier molecular flexibility index (Phi) is 3.42. The molecule has 1 heterocycles. The Labute approximate surface area is 124 Å². The highest BCUT2D eigenvalue weighted by atomic mass is 127. The van der Waals surface area contributed by atoms with Crippen LogP contribution in [0.15, 0.2) is 29.2 Å². The molecular weight excluding hydrogens is 357 g/mol. The average molecular weight is 370 g/mol. The monoisotopic (exact) mass is 370 g/mol. The number of halogens is 1. The average Bonchev–Trinajstić information content (AvgIpc) is 2.26. The largest absolute Gasteiger partial charge is 0.545 e. The molecule has 0 aliphatic heterocycles. The highest BCUT2D eigenvalue weighted by Crippen LogP contribution is 2.23. The maximum absolute atomic E-state index is 12.1. The van der Waals surface area contributed by atoms with E-state index in [1.807, 2.05) is 26.8 Å². The van der Waals surface area contributed by atoms with Gasteiger partial charge in [-0.1, -0.05) is 0 Å². The molecule has 2 rings (SSSR count). The van der Waals surface area contributed by atoms with Gasteiger partial charge in [-0.05, 0) is 61.6 Å². The summed E-state index contributed by atoms with van der Waals surface area (Å²) < 4.78 is 2.79. The van der Waals surface area contributed by atoms with Crippen LogP contribution in [0.4, 0.5) is 0 Å². The fourth-order valence-electron chi connectivity index (χ4n) is 2.00. The van der Waals surface area contributed by atoms with Crippen LogP contribution in [0.1, 0.15) is 31.1 Å². The first-order chi connectivity index (χ1) is 8.71. The molecule has 0 bridgehead atoms. The summed E-state index contributed by atoms with van der Waals surface area (Å²) in [6.45, 7) is 5.86. The number of fused-ring (bicyclic) bond motifs is 1. The van der Waals surface area contributed by atoms with Crippen molar-refractivity contribution in [3.05, 3.63) is 43.8 Å². The van der Waals surface area contributed by atoms with Crippen molar-refractivity contribution in [1.29, 1.82) is 0 Å². The molecule has 2 aromatic rings. The van der Waals surface area contributed by atoms with E-state index in [9.17, 15) is 14.7 Å². The summed E-state index contributed by atoms with van der Waals surface area (Å²) in [5, 5.41) is 11.5. The van der Waals surface area contributed by atoms with Crippen molar-refractivity contribution in [3.63, 3.8) is 0 Å². The molecule has 0 radical (unpaired) electrons. The number of hydrogen-bond donors (Lipinski definition) is 0. The molecule has 1 aromatic carbocycles. The lowest BCUT2D eigenvalue weighted by Gasteiger charge is -2.26. The predicted molar refractivity (Wildman–Crippen MR) is 80.3 cm³/mol. The van der Waals surface area contributed by atoms with Gasteiger partial charge in [0.1, 0.15) is 0 Å². The van der Waals surface area contributed by atoms with E-state index in [0.29, 0.717) is 5.39 Å². The van der Waals surface area contributed by atoms with E-state index in [0.717, 1.165) is 9.09 Å². The number of carboxylic acids is 1. The third-order valence-corrected chi connectivity index (χ3v) is 3.58. The molecule has 0 fully saturated rings. The SMILES string of the molecule is CC(C)(C)n1cc(C(=O)[O-])c(=O)c2ccc(I)cc21. The summed E-state index contributed by atoms with van der Waals surface area (Å²) in [6.07, 6.45) is 1.37. The zero-order chi connectivity index (χ0) is 14.4. The highest BCUT2D eigenvalue weighted by molar-refractivity contribution is 14.1. The zero-order valence-corrected chi connectivity index (χ0v) is 13.0. The summed E-state index contributed by atoms with van der Waals surface area (Å²) in [7, 11) is 0. The van der Waals surface area contributed by atoms with Gasteiger partial charge in [0.25, 0.3) is 0 Å². The number of nitrogens with zero attached hydrogens (tertiary/aromatic N) is 1. The van der Waals surface area contributed by atoms with Gasteiger partial charge in [-0.15, -0.1) is 0 Å². The van der Waals surface area contributed by atoms with Crippen LogP contribution in [0.5, 0.6) is 0 Å². The number of rotatable bonds is 1. The van der Waals surface area contributed by atoms with Crippen LogP contribution in [0.25, 0.3) is 10.9 Å². The quantitative estimate of drug-likeness (QED) is 0.719. The normalized spacial score (nSPS) is 11.8. The van der Waals surface area contributed by atoms with Gasteiger partial charge in [-0.2, -0.15) is 0 Å². The molecule has 100 valence electrons. The lowest BCUT2D eigenvalue weighted by molar-refractivity contribution is -0.255. The van der Waals surface area contributed by atoms with Gasteiger partial charge in [0.05, 0.1) is 17.0 Å². The molecule has 0 amide bonds. The number of carbonyl (C=O) groups excluding carboxylic acids is 1. The van der Waals surface area contributed by atoms with E-state index < -0.39 is 11.4 Å². The molecule has 5 heteroatoms. The van der Waals surface area contributed by atoms with Crippen LogP contribution >= 0.6 is 22.6 Å². The van der Waals surface area contributed by atoms with E-state index in [1.54, 1.807) is 16.7 Å². The van der Waals surface area contributed by atoms with E-state index >= 15 is 0 Å². The maximum Gasteiger partial charge on any atom is 0.198 e. The third kappa shape index (κ3) is 2.51. The standard InChI is InChI=1S/C14H14INO3/c1-14(2,3)16-7-10(13(18)19)12(17)9-5-4-8(15)6-11(9)16/h4-7H,1-3H3,(H,18,19)/p-1. The van der Waals surface area contributed by atoms with Crippen LogP contribution in [0.3, 0.4) is 0 Å². The number of aromatic nitrogens is 1. The van der Waals surface area contributed by atoms with Gasteiger partial charge in [0, 0.05) is 20.7 Å². The van der Waals surface area contributed by atoms with Gasteiger partial charge in [0.2, 0.25) is 0 Å². The molecule has 4 nitrogen and oxygen atoms in total. The van der Waals surface area contributed by atoms with Crippen LogP contribution < -0.4 is 10.5 Å². The van der Waals surface area contributed by atoms with Crippen molar-refractivity contribution in [1.82, 2.24) is 4.57 Å². The Hall–Kier alpha value is -1.37. The van der Waals surface area contributed by atoms with Gasteiger partial charge in [-0.3, -0.25) is 4.79 Å². The Morgan fingerprint density at radius 3 is 2.47 bits per heavy atom. The second kappa shape index (κ2) is 4.63. The van der Waals surface area contributed by atoms with Gasteiger partial charge in [-0.25, -0.2) is 0 Å². The number of carbonyl (C=O) groups is 1. The second-order valence-electron chi connectivity index (χ2n) is 5.36. The van der Waals surface area contributed by atoms with Crippen LogP contribution in [0, 0.1) is 3.57 Å². The molecule has 1 aromatic heterocycles. The Balaban J connectivity index is 3.01. The predicted octanol–water partition coefficient (Wildman–Crippen LogP) is 1.72. The molecule has 0 saturated carbocycles. The highest BCUT2D eigenvalue weighted by Gasteiger charge is 2.18. The number of benzene rings is 1. The number of pyridine rings is 1. The zero-order valence-electron chi connectivity index (χ0n) is 10.9. The van der Waals surface area contributed by atoms with E-state index in [2.05, 4.69) is 22.6 Å². The third-order valence-electron chi connectivity index (χ3n) is 2.91. The van der Waals surface area contributed by atoms with Crippen molar-refractivity contribution in [2.24, 2.45) is 0 Å². The molecule has 19 heavy (non-hydrogen) atoms. The van der Waals surface area contributed by atoms with E-state index in [-0.39, 0.29) is 11.1 Å². The van der Waals surface area contributed by atoms with Gasteiger partial charge in [0.15, 0.2) is 5.43 Å². The second-order valence-corrected chi connectivity index (χ2v) is 6.61.